The zero-order valence-corrected chi connectivity index (χ0v) is 10.6. The summed E-state index contributed by atoms with van der Waals surface area (Å²) in [5.74, 6) is 0.201. The number of H-pyrrole nitrogens is 1. The summed E-state index contributed by atoms with van der Waals surface area (Å²) in [6.45, 7) is 3.67. The van der Waals surface area contributed by atoms with Gasteiger partial charge in [-0.15, -0.1) is 0 Å². The van der Waals surface area contributed by atoms with Gasteiger partial charge < -0.3 is 4.98 Å². The molecule has 3 aromatic rings. The Bertz CT molecular complexity index is 752. The normalized spacial score (nSPS) is 11.2. The monoisotopic (exact) mass is 237 g/mol. The molecule has 0 aliphatic rings. The molecule has 2 nitrogen and oxygen atoms in total. The third-order valence-electron chi connectivity index (χ3n) is 3.45. The van der Waals surface area contributed by atoms with E-state index in [9.17, 15) is 4.79 Å². The Morgan fingerprint density at radius 3 is 2.67 bits per heavy atom. The van der Waals surface area contributed by atoms with E-state index in [-0.39, 0.29) is 5.78 Å². The minimum atomic E-state index is 0.201. The highest BCUT2D eigenvalue weighted by Crippen LogP contribution is 2.29. The van der Waals surface area contributed by atoms with Gasteiger partial charge >= 0.3 is 0 Å². The molecule has 0 bridgehead atoms. The molecule has 1 aromatic heterocycles. The number of aryl methyl sites for hydroxylation is 1. The van der Waals surface area contributed by atoms with E-state index >= 15 is 0 Å². The maximum absolute atomic E-state index is 11.4. The summed E-state index contributed by atoms with van der Waals surface area (Å²) in [7, 11) is 0. The predicted octanol–water partition coefficient (Wildman–Crippen LogP) is 3.76. The first-order valence-corrected chi connectivity index (χ1v) is 6.15. The van der Waals surface area contributed by atoms with Crippen LogP contribution in [0.15, 0.2) is 36.4 Å². The topological polar surface area (TPSA) is 32.9 Å². The van der Waals surface area contributed by atoms with E-state index in [0.29, 0.717) is 6.42 Å². The third kappa shape index (κ3) is 1.61. The smallest absolute Gasteiger partial charge is 0.134 e. The summed E-state index contributed by atoms with van der Waals surface area (Å²) < 4.78 is 0. The maximum Gasteiger partial charge on any atom is 0.134 e. The van der Waals surface area contributed by atoms with Crippen molar-refractivity contribution in [1.82, 2.24) is 4.98 Å². The zero-order chi connectivity index (χ0) is 12.7. The van der Waals surface area contributed by atoms with Crippen molar-refractivity contribution in [1.29, 1.82) is 0 Å². The van der Waals surface area contributed by atoms with E-state index in [4.69, 9.17) is 0 Å². The molecule has 0 unspecified atom stereocenters. The average Bonchev–Trinajstić information content (AvgIpc) is 2.66. The Kier molecular flexibility index (Phi) is 2.44. The Hall–Kier alpha value is -2.09. The van der Waals surface area contributed by atoms with Crippen LogP contribution in [0.3, 0.4) is 0 Å². The predicted molar refractivity (Wildman–Crippen MR) is 74.9 cm³/mol. The number of ketones is 1. The van der Waals surface area contributed by atoms with E-state index in [0.717, 1.165) is 16.8 Å². The zero-order valence-electron chi connectivity index (χ0n) is 10.6. The van der Waals surface area contributed by atoms with Crippen LogP contribution in [0.2, 0.25) is 0 Å². The number of nitrogens with one attached hydrogen (secondary N) is 1. The number of hydrogen-bond acceptors (Lipinski definition) is 1. The van der Waals surface area contributed by atoms with Crippen LogP contribution >= 0.6 is 0 Å². The molecule has 0 fully saturated rings. The number of fused-ring (bicyclic) bond motifs is 3. The van der Waals surface area contributed by atoms with Gasteiger partial charge in [0.15, 0.2) is 0 Å². The number of Topliss-reactive ketones (excluding diaryl/α,β-unsaturated/α-hetero) is 1. The summed E-state index contributed by atoms with van der Waals surface area (Å²) in [5.41, 5.74) is 3.36. The standard InChI is InChI=1S/C16H15NO/c1-10(18)9-15-11(2)17-16-13-6-4-3-5-12(13)7-8-14(15)16/h3-8,17H,9H2,1-2H3. The van der Waals surface area contributed by atoms with Gasteiger partial charge in [0.25, 0.3) is 0 Å². The second-order valence-electron chi connectivity index (χ2n) is 4.82. The van der Waals surface area contributed by atoms with Crippen molar-refractivity contribution in [2.45, 2.75) is 20.3 Å². The third-order valence-corrected chi connectivity index (χ3v) is 3.45. The van der Waals surface area contributed by atoms with Crippen LogP contribution in [0.4, 0.5) is 0 Å². The fourth-order valence-electron chi connectivity index (χ4n) is 2.60. The molecule has 2 heteroatoms. The first kappa shape index (κ1) is 11.0. The fraction of sp³-hybridized carbons (Fsp3) is 0.188. The number of carbonyl (C=O) groups is 1. The number of carbonyl (C=O) groups excluding carboxylic acids is 1. The molecule has 0 saturated heterocycles. The molecule has 0 aliphatic heterocycles. The summed E-state index contributed by atoms with van der Waals surface area (Å²) >= 11 is 0. The van der Waals surface area contributed by atoms with Crippen molar-refractivity contribution in [3.05, 3.63) is 47.7 Å². The van der Waals surface area contributed by atoms with Gasteiger partial charge in [-0.1, -0.05) is 36.4 Å². The molecule has 0 spiro atoms. The van der Waals surface area contributed by atoms with Crippen LogP contribution in [0.25, 0.3) is 21.7 Å². The molecule has 1 N–H and O–H groups in total. The fourth-order valence-corrected chi connectivity index (χ4v) is 2.60. The van der Waals surface area contributed by atoms with E-state index in [2.05, 4.69) is 29.2 Å². The van der Waals surface area contributed by atoms with E-state index < -0.39 is 0 Å². The Morgan fingerprint density at radius 2 is 1.89 bits per heavy atom. The average molecular weight is 237 g/mol. The lowest BCUT2D eigenvalue weighted by atomic mass is 10.0. The molecule has 0 amide bonds. The van der Waals surface area contributed by atoms with E-state index in [1.807, 2.05) is 19.1 Å². The molecule has 1 heterocycles. The lowest BCUT2D eigenvalue weighted by Gasteiger charge is -2.00. The summed E-state index contributed by atoms with van der Waals surface area (Å²) in [4.78, 5) is 14.8. The molecule has 0 atom stereocenters. The molecule has 0 saturated carbocycles. The van der Waals surface area contributed by atoms with Crippen molar-refractivity contribution in [3.8, 4) is 0 Å². The van der Waals surface area contributed by atoms with Crippen LogP contribution in [-0.4, -0.2) is 10.8 Å². The highest BCUT2D eigenvalue weighted by molar-refractivity contribution is 6.07. The molecule has 0 radical (unpaired) electrons. The van der Waals surface area contributed by atoms with Gasteiger partial charge in [-0.3, -0.25) is 4.79 Å². The Morgan fingerprint density at radius 1 is 1.11 bits per heavy atom. The van der Waals surface area contributed by atoms with Gasteiger partial charge in [0.2, 0.25) is 0 Å². The molecular weight excluding hydrogens is 222 g/mol. The second-order valence-corrected chi connectivity index (χ2v) is 4.82. The minimum absolute atomic E-state index is 0.201. The number of hydrogen-bond donors (Lipinski definition) is 1. The molecule has 0 aliphatic carbocycles. The number of benzene rings is 2. The van der Waals surface area contributed by atoms with Crippen LogP contribution in [-0.2, 0) is 11.2 Å². The van der Waals surface area contributed by atoms with Crippen molar-refractivity contribution in [2.24, 2.45) is 0 Å². The van der Waals surface area contributed by atoms with Crippen molar-refractivity contribution < 1.29 is 4.79 Å². The SMILES string of the molecule is CC(=O)Cc1c(C)[nH]c2c1ccc1ccccc12. The van der Waals surface area contributed by atoms with Crippen molar-refractivity contribution in [3.63, 3.8) is 0 Å². The van der Waals surface area contributed by atoms with Crippen LogP contribution in [0, 0.1) is 6.92 Å². The first-order chi connectivity index (χ1) is 8.66. The number of aromatic amines is 1. The van der Waals surface area contributed by atoms with Gasteiger partial charge in [0.1, 0.15) is 5.78 Å². The van der Waals surface area contributed by atoms with Crippen molar-refractivity contribution >= 4 is 27.5 Å². The van der Waals surface area contributed by atoms with Crippen LogP contribution < -0.4 is 0 Å². The number of rotatable bonds is 2. The lowest BCUT2D eigenvalue weighted by Crippen LogP contribution is -1.96. The van der Waals surface area contributed by atoms with E-state index in [1.165, 1.54) is 16.2 Å². The summed E-state index contributed by atoms with van der Waals surface area (Å²) in [5, 5.41) is 3.61. The Balaban J connectivity index is 2.37. The second kappa shape index (κ2) is 3.98. The molecule has 3 rings (SSSR count). The number of aromatic nitrogens is 1. The molecular formula is C16H15NO. The van der Waals surface area contributed by atoms with Crippen molar-refractivity contribution in [2.75, 3.05) is 0 Å². The van der Waals surface area contributed by atoms with Gasteiger partial charge in [-0.25, -0.2) is 0 Å². The minimum Gasteiger partial charge on any atom is -0.358 e. The first-order valence-electron chi connectivity index (χ1n) is 6.15. The lowest BCUT2D eigenvalue weighted by molar-refractivity contribution is -0.116. The van der Waals surface area contributed by atoms with Gasteiger partial charge in [-0.2, -0.15) is 0 Å². The van der Waals surface area contributed by atoms with Crippen LogP contribution in [0.1, 0.15) is 18.2 Å². The van der Waals surface area contributed by atoms with Crippen LogP contribution in [0.5, 0.6) is 0 Å². The van der Waals surface area contributed by atoms with Gasteiger partial charge in [0, 0.05) is 22.9 Å². The summed E-state index contributed by atoms with van der Waals surface area (Å²) in [6, 6.07) is 12.5. The van der Waals surface area contributed by atoms with E-state index in [1.54, 1.807) is 6.92 Å². The van der Waals surface area contributed by atoms with Gasteiger partial charge in [-0.05, 0) is 24.8 Å². The largest absolute Gasteiger partial charge is 0.358 e. The Labute approximate surface area is 106 Å². The molecule has 90 valence electrons. The highest BCUT2D eigenvalue weighted by atomic mass is 16.1. The highest BCUT2D eigenvalue weighted by Gasteiger charge is 2.11. The quantitative estimate of drug-likeness (QED) is 0.723. The molecule has 18 heavy (non-hydrogen) atoms. The van der Waals surface area contributed by atoms with Gasteiger partial charge in [0.05, 0.1) is 5.52 Å². The summed E-state index contributed by atoms with van der Waals surface area (Å²) in [6.07, 6.45) is 0.504. The molecule has 2 aromatic carbocycles. The maximum atomic E-state index is 11.4.